The van der Waals surface area contributed by atoms with Gasteiger partial charge in [0.05, 0.1) is 26.3 Å². The molecule has 2 aromatic heterocycles. The highest BCUT2D eigenvalue weighted by molar-refractivity contribution is 7.16. The second-order valence-corrected chi connectivity index (χ2v) is 8.10. The number of aromatic nitrogens is 3. The van der Waals surface area contributed by atoms with Gasteiger partial charge in [-0.25, -0.2) is 9.97 Å². The van der Waals surface area contributed by atoms with Gasteiger partial charge < -0.3 is 10.6 Å². The highest BCUT2D eigenvalue weighted by atomic mass is 32.1. The van der Waals surface area contributed by atoms with E-state index in [0.29, 0.717) is 16.8 Å². The number of para-hydroxylation sites is 1. The van der Waals surface area contributed by atoms with Crippen molar-refractivity contribution in [3.63, 3.8) is 0 Å². The van der Waals surface area contributed by atoms with E-state index in [4.69, 9.17) is 0 Å². The van der Waals surface area contributed by atoms with Gasteiger partial charge in [0.15, 0.2) is 5.78 Å². The Morgan fingerprint density at radius 3 is 2.56 bits per heavy atom. The third-order valence-electron chi connectivity index (χ3n) is 5.01. The number of hydrogen-bond acceptors (Lipinski definition) is 9. The minimum Gasteiger partial charge on any atom is -0.334 e. The average molecular weight is 468 g/mol. The smallest absolute Gasteiger partial charge is 0.329 e. The molecular formula is C24H16N6O3S. The summed E-state index contributed by atoms with van der Waals surface area (Å²) < 4.78 is 0.985. The first-order valence-electron chi connectivity index (χ1n) is 10.2. The fourth-order valence-corrected chi connectivity index (χ4v) is 4.10. The second kappa shape index (κ2) is 9.04. The summed E-state index contributed by atoms with van der Waals surface area (Å²) in [4.78, 5) is 36.8. The predicted octanol–water partition coefficient (Wildman–Crippen LogP) is 5.71. The lowest BCUT2D eigenvalue weighted by Crippen LogP contribution is -2.08. The first-order chi connectivity index (χ1) is 16.6. The number of carbonyl (C=O) groups is 1. The lowest BCUT2D eigenvalue weighted by atomic mass is 10.0. The maximum Gasteiger partial charge on any atom is 0.329 e. The molecule has 166 valence electrons. The molecule has 3 aromatic carbocycles. The van der Waals surface area contributed by atoms with Crippen LogP contribution in [0.2, 0.25) is 0 Å². The van der Waals surface area contributed by atoms with Crippen LogP contribution >= 0.6 is 11.3 Å². The van der Waals surface area contributed by atoms with E-state index in [1.807, 2.05) is 24.3 Å². The van der Waals surface area contributed by atoms with Crippen molar-refractivity contribution < 1.29 is 9.72 Å². The van der Waals surface area contributed by atoms with Crippen LogP contribution in [-0.4, -0.2) is 25.7 Å². The Hall–Kier alpha value is -4.70. The number of carbonyl (C=O) groups excluding carboxylic acids is 1. The van der Waals surface area contributed by atoms with Crippen LogP contribution in [0.15, 0.2) is 84.5 Å². The number of nitro groups is 1. The molecule has 5 aromatic rings. The molecule has 0 saturated heterocycles. The molecule has 0 amide bonds. The minimum absolute atomic E-state index is 0.0327. The number of rotatable bonds is 7. The lowest BCUT2D eigenvalue weighted by Gasteiger charge is -2.12. The summed E-state index contributed by atoms with van der Waals surface area (Å²) >= 11 is 1.50. The Morgan fingerprint density at radius 1 is 0.941 bits per heavy atom. The molecule has 34 heavy (non-hydrogen) atoms. The van der Waals surface area contributed by atoms with Gasteiger partial charge in [-0.15, -0.1) is 11.3 Å². The standard InChI is InChI=1S/C24H16N6O3S/c31-22(15-6-2-1-3-7-15)17-8-4-5-9-18(17)28-23-20(30(32)33)13-25-24(29-23)27-16-10-11-19-21(12-16)34-14-26-19/h1-14H,(H2,25,27,28,29). The number of ketones is 1. The highest BCUT2D eigenvalue weighted by Gasteiger charge is 2.20. The Labute approximate surface area is 197 Å². The van der Waals surface area contributed by atoms with E-state index >= 15 is 0 Å². The molecule has 0 atom stereocenters. The van der Waals surface area contributed by atoms with Gasteiger partial charge in [-0.3, -0.25) is 14.9 Å². The summed E-state index contributed by atoms with van der Waals surface area (Å²) in [6.07, 6.45) is 1.13. The van der Waals surface area contributed by atoms with E-state index < -0.39 is 4.92 Å². The van der Waals surface area contributed by atoms with Gasteiger partial charge in [0.25, 0.3) is 0 Å². The molecule has 9 nitrogen and oxygen atoms in total. The molecule has 2 N–H and O–H groups in total. The van der Waals surface area contributed by atoms with E-state index in [9.17, 15) is 14.9 Å². The van der Waals surface area contributed by atoms with Crippen LogP contribution in [0.3, 0.4) is 0 Å². The molecule has 0 aliphatic carbocycles. The Balaban J connectivity index is 1.48. The number of nitrogens with one attached hydrogen (secondary N) is 2. The normalized spacial score (nSPS) is 10.7. The van der Waals surface area contributed by atoms with Crippen molar-refractivity contribution in [1.29, 1.82) is 0 Å². The van der Waals surface area contributed by atoms with E-state index in [2.05, 4.69) is 25.6 Å². The van der Waals surface area contributed by atoms with Gasteiger partial charge in [-0.05, 0) is 30.3 Å². The predicted molar refractivity (Wildman–Crippen MR) is 131 cm³/mol. The van der Waals surface area contributed by atoms with Crippen LogP contribution in [0.25, 0.3) is 10.2 Å². The van der Waals surface area contributed by atoms with Crippen molar-refractivity contribution in [3.05, 3.63) is 106 Å². The van der Waals surface area contributed by atoms with Gasteiger partial charge in [0.1, 0.15) is 6.20 Å². The number of anilines is 4. The molecule has 10 heteroatoms. The van der Waals surface area contributed by atoms with E-state index in [0.717, 1.165) is 22.1 Å². The summed E-state index contributed by atoms with van der Waals surface area (Å²) in [5.41, 5.74) is 4.31. The first-order valence-corrected chi connectivity index (χ1v) is 11.0. The molecular weight excluding hydrogens is 452 g/mol. The summed E-state index contributed by atoms with van der Waals surface area (Å²) in [7, 11) is 0. The largest absolute Gasteiger partial charge is 0.334 e. The zero-order valence-corrected chi connectivity index (χ0v) is 18.3. The number of nitrogens with zero attached hydrogens (tertiary/aromatic N) is 4. The van der Waals surface area contributed by atoms with Gasteiger partial charge in [0.2, 0.25) is 11.8 Å². The zero-order chi connectivity index (χ0) is 23.5. The molecule has 0 radical (unpaired) electrons. The van der Waals surface area contributed by atoms with Crippen LogP contribution in [0, 0.1) is 10.1 Å². The Kier molecular flexibility index (Phi) is 5.63. The molecule has 0 unspecified atom stereocenters. The molecule has 2 heterocycles. The molecule has 0 aliphatic rings. The van der Waals surface area contributed by atoms with Crippen molar-refractivity contribution in [2.75, 3.05) is 10.6 Å². The first kappa shape index (κ1) is 21.2. The molecule has 0 aliphatic heterocycles. The summed E-state index contributed by atoms with van der Waals surface area (Å²) in [6, 6.07) is 21.2. The topological polar surface area (TPSA) is 123 Å². The average Bonchev–Trinajstić information content (AvgIpc) is 3.32. The van der Waals surface area contributed by atoms with E-state index in [1.165, 1.54) is 11.3 Å². The number of thiazole rings is 1. The zero-order valence-electron chi connectivity index (χ0n) is 17.5. The molecule has 0 bridgehead atoms. The van der Waals surface area contributed by atoms with Crippen molar-refractivity contribution in [2.24, 2.45) is 0 Å². The highest BCUT2D eigenvalue weighted by Crippen LogP contribution is 2.30. The molecule has 5 rings (SSSR count). The third kappa shape index (κ3) is 4.30. The SMILES string of the molecule is O=C(c1ccccc1)c1ccccc1Nc1nc(Nc2ccc3ncsc3c2)ncc1[N+](=O)[O-]. The summed E-state index contributed by atoms with van der Waals surface area (Å²) in [6.45, 7) is 0. The Morgan fingerprint density at radius 2 is 1.74 bits per heavy atom. The van der Waals surface area contributed by atoms with E-state index in [1.54, 1.807) is 54.0 Å². The minimum atomic E-state index is -0.572. The monoisotopic (exact) mass is 468 g/mol. The van der Waals surface area contributed by atoms with Crippen molar-refractivity contribution >= 4 is 56.2 Å². The molecule has 0 spiro atoms. The van der Waals surface area contributed by atoms with Crippen LogP contribution in [-0.2, 0) is 0 Å². The van der Waals surface area contributed by atoms with Crippen molar-refractivity contribution in [3.8, 4) is 0 Å². The Bertz CT molecular complexity index is 1520. The van der Waals surface area contributed by atoms with Crippen molar-refractivity contribution in [2.45, 2.75) is 0 Å². The van der Waals surface area contributed by atoms with Crippen LogP contribution < -0.4 is 10.6 Å². The van der Waals surface area contributed by atoms with Gasteiger partial charge in [0, 0.05) is 16.8 Å². The summed E-state index contributed by atoms with van der Waals surface area (Å²) in [5.74, 6) is -0.0740. The quantitative estimate of drug-likeness (QED) is 0.177. The number of hydrogen-bond donors (Lipinski definition) is 2. The number of benzene rings is 3. The molecule has 0 saturated carbocycles. The second-order valence-electron chi connectivity index (χ2n) is 7.21. The number of fused-ring (bicyclic) bond motifs is 1. The van der Waals surface area contributed by atoms with Crippen LogP contribution in [0.5, 0.6) is 0 Å². The lowest BCUT2D eigenvalue weighted by molar-refractivity contribution is -0.384. The fraction of sp³-hybridized carbons (Fsp3) is 0. The molecule has 0 fully saturated rings. The van der Waals surface area contributed by atoms with Gasteiger partial charge >= 0.3 is 5.69 Å². The van der Waals surface area contributed by atoms with Gasteiger partial charge in [-0.1, -0.05) is 42.5 Å². The van der Waals surface area contributed by atoms with Crippen LogP contribution in [0.4, 0.5) is 28.8 Å². The fourth-order valence-electron chi connectivity index (χ4n) is 3.39. The van der Waals surface area contributed by atoms with E-state index in [-0.39, 0.29) is 23.2 Å². The summed E-state index contributed by atoms with van der Waals surface area (Å²) in [5, 5.41) is 17.7. The van der Waals surface area contributed by atoms with Crippen molar-refractivity contribution in [1.82, 2.24) is 15.0 Å². The maximum atomic E-state index is 13.0. The third-order valence-corrected chi connectivity index (χ3v) is 5.81. The van der Waals surface area contributed by atoms with Crippen LogP contribution in [0.1, 0.15) is 15.9 Å². The maximum absolute atomic E-state index is 13.0. The van der Waals surface area contributed by atoms with Gasteiger partial charge in [-0.2, -0.15) is 4.98 Å².